The number of hydrogen-bond acceptors (Lipinski definition) is 5. The Morgan fingerprint density at radius 1 is 1.25 bits per heavy atom. The molecule has 0 atom stereocenters. The molecule has 0 amide bonds. The van der Waals surface area contributed by atoms with Gasteiger partial charge in [-0.15, -0.1) is 0 Å². The first kappa shape index (κ1) is 14.6. The van der Waals surface area contributed by atoms with Gasteiger partial charge in [0.1, 0.15) is 0 Å². The lowest BCUT2D eigenvalue weighted by molar-refractivity contribution is 0.376. The van der Waals surface area contributed by atoms with Gasteiger partial charge in [0, 0.05) is 25.6 Å². The molecule has 0 fully saturated rings. The molecule has 1 heterocycles. The lowest BCUT2D eigenvalue weighted by Gasteiger charge is -2.02. The minimum Gasteiger partial charge on any atom is -0.339 e. The van der Waals surface area contributed by atoms with Gasteiger partial charge < -0.3 is 4.52 Å². The highest BCUT2D eigenvalue weighted by Gasteiger charge is 2.09. The Balaban J connectivity index is 1.85. The number of rotatable bonds is 7. The monoisotopic (exact) mass is 296 g/mol. The average Bonchev–Trinajstić information content (AvgIpc) is 2.93. The van der Waals surface area contributed by atoms with Crippen LogP contribution in [-0.2, 0) is 16.6 Å². The largest absolute Gasteiger partial charge is 0.339 e. The van der Waals surface area contributed by atoms with E-state index in [0.717, 1.165) is 5.56 Å². The highest BCUT2D eigenvalue weighted by Crippen LogP contribution is 2.15. The van der Waals surface area contributed by atoms with Crippen molar-refractivity contribution in [3.8, 4) is 11.4 Å². The third-order valence-corrected chi connectivity index (χ3v) is 3.75. The Bertz CT molecular complexity index is 640. The molecule has 108 valence electrons. The van der Waals surface area contributed by atoms with E-state index in [9.17, 15) is 8.42 Å². The summed E-state index contributed by atoms with van der Waals surface area (Å²) in [4.78, 5) is 4.26. The molecule has 0 spiro atoms. The van der Waals surface area contributed by atoms with Crippen molar-refractivity contribution in [2.75, 3.05) is 13.6 Å². The van der Waals surface area contributed by atoms with Crippen LogP contribution >= 0.6 is 0 Å². The van der Waals surface area contributed by atoms with Gasteiger partial charge in [-0.25, -0.2) is 9.44 Å². The van der Waals surface area contributed by atoms with Gasteiger partial charge in [-0.1, -0.05) is 35.5 Å². The topological polar surface area (TPSA) is 97.1 Å². The van der Waals surface area contributed by atoms with Crippen molar-refractivity contribution in [1.29, 1.82) is 0 Å². The van der Waals surface area contributed by atoms with Crippen LogP contribution in [0.25, 0.3) is 11.4 Å². The number of aromatic nitrogens is 2. The number of aryl methyl sites for hydroxylation is 1. The molecule has 8 heteroatoms. The number of nitrogens with zero attached hydrogens (tertiary/aromatic N) is 2. The van der Waals surface area contributed by atoms with E-state index in [-0.39, 0.29) is 0 Å². The van der Waals surface area contributed by atoms with Crippen LogP contribution in [0.1, 0.15) is 12.3 Å². The lowest BCUT2D eigenvalue weighted by Crippen LogP contribution is -2.34. The molecule has 7 nitrogen and oxygen atoms in total. The van der Waals surface area contributed by atoms with Gasteiger partial charge in [-0.05, 0) is 6.42 Å². The van der Waals surface area contributed by atoms with Gasteiger partial charge in [0.2, 0.25) is 11.7 Å². The van der Waals surface area contributed by atoms with Crippen molar-refractivity contribution in [3.05, 3.63) is 36.2 Å². The van der Waals surface area contributed by atoms with Crippen LogP contribution in [0.3, 0.4) is 0 Å². The summed E-state index contributed by atoms with van der Waals surface area (Å²) in [5, 5.41) is 3.89. The minimum absolute atomic E-state index is 0.312. The summed E-state index contributed by atoms with van der Waals surface area (Å²) in [6.45, 7) is 0.312. The standard InChI is InChI=1S/C12H16N4O3S/c1-13-20(17,18)14-9-5-8-11-15-12(16-19-11)10-6-3-2-4-7-10/h2-4,6-7,13-14H,5,8-9H2,1H3. The predicted molar refractivity (Wildman–Crippen MR) is 74.0 cm³/mol. The van der Waals surface area contributed by atoms with Crippen LogP contribution in [0.4, 0.5) is 0 Å². The summed E-state index contributed by atoms with van der Waals surface area (Å²) in [7, 11) is -2.02. The van der Waals surface area contributed by atoms with E-state index in [2.05, 4.69) is 19.6 Å². The summed E-state index contributed by atoms with van der Waals surface area (Å²) in [6, 6.07) is 9.51. The van der Waals surface area contributed by atoms with Crippen LogP contribution in [0.5, 0.6) is 0 Å². The van der Waals surface area contributed by atoms with Crippen LogP contribution < -0.4 is 9.44 Å². The molecule has 0 bridgehead atoms. The first-order valence-electron chi connectivity index (χ1n) is 6.17. The fourth-order valence-corrected chi connectivity index (χ4v) is 2.14. The second kappa shape index (κ2) is 6.60. The molecule has 0 aliphatic rings. The number of benzene rings is 1. The second-order valence-corrected chi connectivity index (χ2v) is 5.79. The summed E-state index contributed by atoms with van der Waals surface area (Å²) >= 11 is 0. The fraction of sp³-hybridized carbons (Fsp3) is 0.333. The molecule has 20 heavy (non-hydrogen) atoms. The van der Waals surface area contributed by atoms with Crippen molar-refractivity contribution in [2.24, 2.45) is 0 Å². The second-order valence-electron chi connectivity index (χ2n) is 4.08. The van der Waals surface area contributed by atoms with Gasteiger partial charge in [0.15, 0.2) is 0 Å². The molecular formula is C12H16N4O3S. The Hall–Kier alpha value is -1.77. The molecule has 1 aromatic heterocycles. The van der Waals surface area contributed by atoms with Gasteiger partial charge in [-0.3, -0.25) is 0 Å². The van der Waals surface area contributed by atoms with E-state index in [1.807, 2.05) is 30.3 Å². The SMILES string of the molecule is CNS(=O)(=O)NCCCc1nc(-c2ccccc2)no1. The van der Waals surface area contributed by atoms with Gasteiger partial charge >= 0.3 is 0 Å². The molecule has 1 aromatic carbocycles. The van der Waals surface area contributed by atoms with E-state index < -0.39 is 10.2 Å². The van der Waals surface area contributed by atoms with Gasteiger partial charge in [0.25, 0.3) is 10.2 Å². The Labute approximate surface area is 117 Å². The van der Waals surface area contributed by atoms with Crippen LogP contribution in [0.15, 0.2) is 34.9 Å². The lowest BCUT2D eigenvalue weighted by atomic mass is 10.2. The highest BCUT2D eigenvalue weighted by atomic mass is 32.2. The number of hydrogen-bond donors (Lipinski definition) is 2. The maximum absolute atomic E-state index is 11.1. The molecular weight excluding hydrogens is 280 g/mol. The summed E-state index contributed by atoms with van der Waals surface area (Å²) < 4.78 is 31.9. The van der Waals surface area contributed by atoms with E-state index >= 15 is 0 Å². The van der Waals surface area contributed by atoms with E-state index in [4.69, 9.17) is 4.52 Å². The Kier molecular flexibility index (Phi) is 4.83. The Morgan fingerprint density at radius 3 is 2.70 bits per heavy atom. The quantitative estimate of drug-likeness (QED) is 0.734. The smallest absolute Gasteiger partial charge is 0.276 e. The highest BCUT2D eigenvalue weighted by molar-refractivity contribution is 7.87. The fourth-order valence-electron chi connectivity index (χ4n) is 1.58. The zero-order valence-corrected chi connectivity index (χ0v) is 11.9. The molecule has 2 N–H and O–H groups in total. The third-order valence-electron chi connectivity index (χ3n) is 2.63. The Morgan fingerprint density at radius 2 is 2.00 bits per heavy atom. The first-order chi connectivity index (χ1) is 9.61. The average molecular weight is 296 g/mol. The normalized spacial score (nSPS) is 11.7. The molecule has 2 aromatic rings. The van der Waals surface area contributed by atoms with Crippen molar-refractivity contribution >= 4 is 10.2 Å². The molecule has 0 unspecified atom stereocenters. The maximum Gasteiger partial charge on any atom is 0.276 e. The zero-order chi connectivity index (χ0) is 14.4. The van der Waals surface area contributed by atoms with Crippen molar-refractivity contribution in [2.45, 2.75) is 12.8 Å². The van der Waals surface area contributed by atoms with Gasteiger partial charge in [-0.2, -0.15) is 13.4 Å². The van der Waals surface area contributed by atoms with Gasteiger partial charge in [0.05, 0.1) is 0 Å². The summed E-state index contributed by atoms with van der Waals surface area (Å²) in [6.07, 6.45) is 1.10. The summed E-state index contributed by atoms with van der Waals surface area (Å²) in [5.41, 5.74) is 0.887. The predicted octanol–water partition coefficient (Wildman–Crippen LogP) is 0.723. The molecule has 0 aliphatic heterocycles. The minimum atomic E-state index is -3.38. The van der Waals surface area contributed by atoms with E-state index in [1.165, 1.54) is 7.05 Å². The van der Waals surface area contributed by atoms with Crippen molar-refractivity contribution in [3.63, 3.8) is 0 Å². The molecule has 0 saturated carbocycles. The van der Waals surface area contributed by atoms with Crippen LogP contribution in [-0.4, -0.2) is 32.2 Å². The van der Waals surface area contributed by atoms with E-state index in [1.54, 1.807) is 0 Å². The third kappa shape index (κ3) is 4.12. The molecule has 0 saturated heterocycles. The van der Waals surface area contributed by atoms with Crippen LogP contribution in [0.2, 0.25) is 0 Å². The van der Waals surface area contributed by atoms with Crippen LogP contribution in [0, 0.1) is 0 Å². The van der Waals surface area contributed by atoms with Crippen molar-refractivity contribution in [1.82, 2.24) is 19.6 Å². The number of nitrogens with one attached hydrogen (secondary N) is 2. The van der Waals surface area contributed by atoms with E-state index in [0.29, 0.717) is 31.1 Å². The molecule has 2 rings (SSSR count). The molecule has 0 aliphatic carbocycles. The molecule has 0 radical (unpaired) electrons. The zero-order valence-electron chi connectivity index (χ0n) is 11.0. The summed E-state index contributed by atoms with van der Waals surface area (Å²) in [5.74, 6) is 1.03. The van der Waals surface area contributed by atoms with Crippen molar-refractivity contribution < 1.29 is 12.9 Å². The maximum atomic E-state index is 11.1. The first-order valence-corrected chi connectivity index (χ1v) is 7.65.